The highest BCUT2D eigenvalue weighted by Crippen LogP contribution is 2.29. The molecule has 0 unspecified atom stereocenters. The quantitative estimate of drug-likeness (QED) is 0.469. The summed E-state index contributed by atoms with van der Waals surface area (Å²) in [6.07, 6.45) is 1.03. The van der Waals surface area contributed by atoms with Crippen LogP contribution >= 0.6 is 11.8 Å². The van der Waals surface area contributed by atoms with Gasteiger partial charge in [0.2, 0.25) is 10.0 Å². The molecule has 0 fully saturated rings. The van der Waals surface area contributed by atoms with E-state index in [0.717, 1.165) is 28.6 Å². The van der Waals surface area contributed by atoms with Crippen LogP contribution in [0, 0.1) is 0 Å². The normalized spacial score (nSPS) is 11.9. The number of thioether (sulfide) groups is 1. The Morgan fingerprint density at radius 2 is 1.69 bits per heavy atom. The Morgan fingerprint density at radius 3 is 2.34 bits per heavy atom. The maximum atomic E-state index is 13.0. The first-order valence-corrected chi connectivity index (χ1v) is 12.2. The summed E-state index contributed by atoms with van der Waals surface area (Å²) in [7, 11) is -3.55. The van der Waals surface area contributed by atoms with Crippen molar-refractivity contribution >= 4 is 21.8 Å². The van der Waals surface area contributed by atoms with Crippen LogP contribution in [0.1, 0.15) is 27.2 Å². The molecule has 2 aromatic carbocycles. The van der Waals surface area contributed by atoms with Crippen LogP contribution in [0.3, 0.4) is 0 Å². The van der Waals surface area contributed by atoms with Gasteiger partial charge in [0.25, 0.3) is 0 Å². The minimum atomic E-state index is -3.55. The molecule has 29 heavy (non-hydrogen) atoms. The molecule has 0 radical (unpaired) electrons. The maximum Gasteiger partial charge on any atom is 0.243 e. The van der Waals surface area contributed by atoms with Crippen LogP contribution < -0.4 is 0 Å². The van der Waals surface area contributed by atoms with Gasteiger partial charge in [0, 0.05) is 30.1 Å². The van der Waals surface area contributed by atoms with E-state index in [4.69, 9.17) is 0 Å². The fourth-order valence-corrected chi connectivity index (χ4v) is 5.37. The summed E-state index contributed by atoms with van der Waals surface area (Å²) in [5.41, 5.74) is 1.67. The van der Waals surface area contributed by atoms with Gasteiger partial charge in [-0.3, -0.25) is 4.57 Å². The third-order valence-corrected chi connectivity index (χ3v) is 7.70. The summed E-state index contributed by atoms with van der Waals surface area (Å²) in [6.45, 7) is 6.67. The van der Waals surface area contributed by atoms with Crippen LogP contribution in [0.2, 0.25) is 0 Å². The molecular weight excluding hydrogens is 404 g/mol. The van der Waals surface area contributed by atoms with Gasteiger partial charge in [-0.1, -0.05) is 62.9 Å². The van der Waals surface area contributed by atoms with Crippen molar-refractivity contribution in [2.24, 2.45) is 0 Å². The van der Waals surface area contributed by atoms with E-state index in [0.29, 0.717) is 18.9 Å². The first-order valence-electron chi connectivity index (χ1n) is 9.77. The van der Waals surface area contributed by atoms with Crippen molar-refractivity contribution in [1.82, 2.24) is 19.1 Å². The highest BCUT2D eigenvalue weighted by atomic mass is 32.2. The van der Waals surface area contributed by atoms with Crippen molar-refractivity contribution in [3.63, 3.8) is 0 Å². The molecular formula is C21H26N4O2S2. The van der Waals surface area contributed by atoms with E-state index >= 15 is 0 Å². The molecule has 154 valence electrons. The number of sulfonamides is 1. The van der Waals surface area contributed by atoms with E-state index in [2.05, 4.69) is 17.1 Å². The topological polar surface area (TPSA) is 68.1 Å². The molecule has 0 spiro atoms. The fourth-order valence-electron chi connectivity index (χ4n) is 3.06. The minimum Gasteiger partial charge on any atom is -0.270 e. The van der Waals surface area contributed by atoms with E-state index in [9.17, 15) is 8.42 Å². The highest BCUT2D eigenvalue weighted by molar-refractivity contribution is 7.99. The lowest BCUT2D eigenvalue weighted by molar-refractivity contribution is 0.445. The van der Waals surface area contributed by atoms with Gasteiger partial charge in [-0.2, -0.15) is 4.31 Å². The average molecular weight is 431 g/mol. The zero-order chi connectivity index (χ0) is 20.9. The van der Waals surface area contributed by atoms with Crippen molar-refractivity contribution in [1.29, 1.82) is 0 Å². The monoisotopic (exact) mass is 430 g/mol. The molecule has 3 rings (SSSR count). The first-order chi connectivity index (χ1) is 14.0. The summed E-state index contributed by atoms with van der Waals surface area (Å²) in [5.74, 6) is 1.56. The Bertz CT molecular complexity index is 1050. The molecule has 0 aliphatic carbocycles. The Morgan fingerprint density at radius 1 is 0.966 bits per heavy atom. The first kappa shape index (κ1) is 21.5. The van der Waals surface area contributed by atoms with Crippen LogP contribution in [0.25, 0.3) is 17.1 Å². The van der Waals surface area contributed by atoms with Crippen LogP contribution in [0.5, 0.6) is 0 Å². The Labute approximate surface area is 177 Å². The van der Waals surface area contributed by atoms with Gasteiger partial charge in [-0.05, 0) is 30.7 Å². The zero-order valence-electron chi connectivity index (χ0n) is 16.9. The lowest BCUT2D eigenvalue weighted by Crippen LogP contribution is -2.30. The Hall–Kier alpha value is -2.16. The molecule has 0 saturated heterocycles. The van der Waals surface area contributed by atoms with Crippen molar-refractivity contribution in [2.45, 2.75) is 37.2 Å². The van der Waals surface area contributed by atoms with Crippen LogP contribution in [-0.2, 0) is 10.0 Å². The Kier molecular flexibility index (Phi) is 7.10. The molecule has 3 aromatic rings. The van der Waals surface area contributed by atoms with Gasteiger partial charge < -0.3 is 0 Å². The molecule has 1 heterocycles. The molecule has 6 nitrogen and oxygen atoms in total. The summed E-state index contributed by atoms with van der Waals surface area (Å²) in [6, 6.07) is 16.8. The molecule has 8 heteroatoms. The number of para-hydroxylation sites is 1. The van der Waals surface area contributed by atoms with Crippen molar-refractivity contribution in [2.75, 3.05) is 18.8 Å². The maximum absolute atomic E-state index is 13.0. The van der Waals surface area contributed by atoms with Crippen LogP contribution in [0.4, 0.5) is 0 Å². The standard InChI is InChI=1S/C21H26N4O2S2/c1-4-15-28-21-23-22-20(25(21)18-12-8-7-9-13-18)17-11-10-14-19(16-17)29(26,27)24(5-2)6-3/h7-14,16H,4-6,15H2,1-3H3. The van der Waals surface area contributed by atoms with Gasteiger partial charge in [0.05, 0.1) is 4.90 Å². The van der Waals surface area contributed by atoms with Crippen LogP contribution in [0.15, 0.2) is 64.6 Å². The van der Waals surface area contributed by atoms with E-state index in [1.54, 1.807) is 30.0 Å². The Balaban J connectivity index is 2.11. The predicted octanol–water partition coefficient (Wildman–Crippen LogP) is 4.47. The zero-order valence-corrected chi connectivity index (χ0v) is 18.6. The lowest BCUT2D eigenvalue weighted by atomic mass is 10.2. The molecule has 0 aliphatic rings. The minimum absolute atomic E-state index is 0.268. The van der Waals surface area contributed by atoms with E-state index in [1.807, 2.05) is 54.8 Å². The SMILES string of the molecule is CCCSc1nnc(-c2cccc(S(=O)(=O)N(CC)CC)c2)n1-c1ccccc1. The average Bonchev–Trinajstić information content (AvgIpc) is 3.17. The predicted molar refractivity (Wildman–Crippen MR) is 118 cm³/mol. The van der Waals surface area contributed by atoms with Gasteiger partial charge in [-0.25, -0.2) is 8.42 Å². The number of benzene rings is 2. The van der Waals surface area contributed by atoms with Gasteiger partial charge in [0.15, 0.2) is 11.0 Å². The van der Waals surface area contributed by atoms with Crippen molar-refractivity contribution in [3.8, 4) is 17.1 Å². The number of rotatable bonds is 9. The number of nitrogens with zero attached hydrogens (tertiary/aromatic N) is 4. The van der Waals surface area contributed by atoms with Gasteiger partial charge in [-0.15, -0.1) is 10.2 Å². The second-order valence-electron chi connectivity index (χ2n) is 6.44. The van der Waals surface area contributed by atoms with E-state index < -0.39 is 10.0 Å². The van der Waals surface area contributed by atoms with E-state index in [-0.39, 0.29) is 4.90 Å². The molecule has 0 saturated carbocycles. The van der Waals surface area contributed by atoms with E-state index in [1.165, 1.54) is 4.31 Å². The molecule has 0 atom stereocenters. The third kappa shape index (κ3) is 4.55. The van der Waals surface area contributed by atoms with Gasteiger partial charge >= 0.3 is 0 Å². The lowest BCUT2D eigenvalue weighted by Gasteiger charge is -2.18. The second kappa shape index (κ2) is 9.56. The number of hydrogen-bond acceptors (Lipinski definition) is 5. The second-order valence-corrected chi connectivity index (χ2v) is 9.44. The van der Waals surface area contributed by atoms with Crippen molar-refractivity contribution < 1.29 is 8.42 Å². The highest BCUT2D eigenvalue weighted by Gasteiger charge is 2.23. The fraction of sp³-hybridized carbons (Fsp3) is 0.333. The van der Waals surface area contributed by atoms with Crippen molar-refractivity contribution in [3.05, 3.63) is 54.6 Å². The molecule has 0 bridgehead atoms. The smallest absolute Gasteiger partial charge is 0.243 e. The summed E-state index contributed by atoms with van der Waals surface area (Å²) >= 11 is 1.64. The summed E-state index contributed by atoms with van der Waals surface area (Å²) in [4.78, 5) is 0.268. The molecule has 0 aliphatic heterocycles. The molecule has 1 aromatic heterocycles. The van der Waals surface area contributed by atoms with Gasteiger partial charge in [0.1, 0.15) is 0 Å². The molecule has 0 N–H and O–H groups in total. The third-order valence-electron chi connectivity index (χ3n) is 4.52. The summed E-state index contributed by atoms with van der Waals surface area (Å²) < 4.78 is 29.4. The molecule has 0 amide bonds. The largest absolute Gasteiger partial charge is 0.270 e. The summed E-state index contributed by atoms with van der Waals surface area (Å²) in [5, 5.41) is 9.59. The number of aromatic nitrogens is 3. The number of hydrogen-bond donors (Lipinski definition) is 0. The van der Waals surface area contributed by atoms with Crippen LogP contribution in [-0.4, -0.2) is 46.3 Å².